The van der Waals surface area contributed by atoms with E-state index in [1.165, 1.54) is 16.3 Å². The molecule has 20 heavy (non-hydrogen) atoms. The van der Waals surface area contributed by atoms with Gasteiger partial charge in [-0.2, -0.15) is 0 Å². The molecule has 0 saturated heterocycles. The van der Waals surface area contributed by atoms with Crippen LogP contribution in [0.4, 0.5) is 0 Å². The predicted molar refractivity (Wildman–Crippen MR) is 83.5 cm³/mol. The summed E-state index contributed by atoms with van der Waals surface area (Å²) < 4.78 is 0. The van der Waals surface area contributed by atoms with E-state index >= 15 is 0 Å². The van der Waals surface area contributed by atoms with Gasteiger partial charge in [0.2, 0.25) is 0 Å². The molecule has 2 aromatic carbocycles. The van der Waals surface area contributed by atoms with Crippen LogP contribution in [0.2, 0.25) is 0 Å². The minimum absolute atomic E-state index is 0.462. The first-order chi connectivity index (χ1) is 9.72. The summed E-state index contributed by atoms with van der Waals surface area (Å²) in [7, 11) is 0. The summed E-state index contributed by atoms with van der Waals surface area (Å²) in [6.07, 6.45) is 1.90. The van der Waals surface area contributed by atoms with Gasteiger partial charge in [0.1, 0.15) is 5.82 Å². The first-order valence-corrected chi connectivity index (χ1v) is 6.99. The average Bonchev–Trinajstić information content (AvgIpc) is 2.93. The maximum Gasteiger partial charge on any atom is 0.120 e. The van der Waals surface area contributed by atoms with E-state index in [0.29, 0.717) is 6.04 Å². The molecule has 0 aliphatic carbocycles. The van der Waals surface area contributed by atoms with E-state index in [2.05, 4.69) is 71.6 Å². The second-order valence-electron chi connectivity index (χ2n) is 5.34. The molecule has 3 heteroatoms. The molecule has 1 aromatic heterocycles. The summed E-state index contributed by atoms with van der Waals surface area (Å²) >= 11 is 0. The number of imidazole rings is 1. The third kappa shape index (κ3) is 2.73. The lowest BCUT2D eigenvalue weighted by Crippen LogP contribution is -2.22. The summed E-state index contributed by atoms with van der Waals surface area (Å²) in [5.74, 6) is 0.974. The molecule has 2 N–H and O–H groups in total. The predicted octanol–water partition coefficient (Wildman–Crippen LogP) is 3.73. The average molecular weight is 265 g/mol. The Hall–Kier alpha value is -2.13. The molecule has 3 nitrogen and oxygen atoms in total. The van der Waals surface area contributed by atoms with Crippen molar-refractivity contribution < 1.29 is 0 Å². The fourth-order valence-electron chi connectivity index (χ4n) is 2.26. The Morgan fingerprint density at radius 1 is 1.10 bits per heavy atom. The molecule has 0 spiro atoms. The third-order valence-corrected chi connectivity index (χ3v) is 3.37. The zero-order chi connectivity index (χ0) is 13.9. The second kappa shape index (κ2) is 5.47. The largest absolute Gasteiger partial charge is 0.341 e. The van der Waals surface area contributed by atoms with Crippen LogP contribution in [0.15, 0.2) is 48.7 Å². The maximum atomic E-state index is 4.43. The molecule has 0 aliphatic rings. The quantitative estimate of drug-likeness (QED) is 0.754. The number of nitrogens with one attached hydrogen (secondary N) is 2. The summed E-state index contributed by atoms with van der Waals surface area (Å²) in [5.41, 5.74) is 2.24. The van der Waals surface area contributed by atoms with E-state index in [1.54, 1.807) is 0 Å². The molecule has 3 aromatic rings. The van der Waals surface area contributed by atoms with E-state index < -0.39 is 0 Å². The van der Waals surface area contributed by atoms with E-state index in [0.717, 1.165) is 18.1 Å². The standard InChI is InChI=1S/C17H19N3/c1-12(2)18-11-17-19-10-16(20-17)15-8-7-13-5-3-4-6-14(13)9-15/h3-10,12,18H,11H2,1-2H3,(H,19,20). The number of aromatic amines is 1. The van der Waals surface area contributed by atoms with E-state index in [1.807, 2.05) is 6.20 Å². The lowest BCUT2D eigenvalue weighted by atomic mass is 10.1. The van der Waals surface area contributed by atoms with Crippen molar-refractivity contribution in [2.45, 2.75) is 26.4 Å². The van der Waals surface area contributed by atoms with Gasteiger partial charge in [0.25, 0.3) is 0 Å². The molecule has 0 amide bonds. The fourth-order valence-corrected chi connectivity index (χ4v) is 2.26. The number of H-pyrrole nitrogens is 1. The van der Waals surface area contributed by atoms with Crippen molar-refractivity contribution in [1.82, 2.24) is 15.3 Å². The van der Waals surface area contributed by atoms with Crippen molar-refractivity contribution in [2.24, 2.45) is 0 Å². The Morgan fingerprint density at radius 2 is 1.90 bits per heavy atom. The molecule has 0 radical (unpaired) electrons. The van der Waals surface area contributed by atoms with Gasteiger partial charge in [-0.25, -0.2) is 4.98 Å². The lowest BCUT2D eigenvalue weighted by Gasteiger charge is -2.05. The lowest BCUT2D eigenvalue weighted by molar-refractivity contribution is 0.575. The number of nitrogens with zero attached hydrogens (tertiary/aromatic N) is 1. The summed E-state index contributed by atoms with van der Waals surface area (Å²) in [4.78, 5) is 7.80. The topological polar surface area (TPSA) is 40.7 Å². The molecule has 0 saturated carbocycles. The molecule has 0 unspecified atom stereocenters. The van der Waals surface area contributed by atoms with Crippen LogP contribution >= 0.6 is 0 Å². The normalized spacial score (nSPS) is 11.3. The van der Waals surface area contributed by atoms with Gasteiger partial charge in [0.05, 0.1) is 18.4 Å². The van der Waals surface area contributed by atoms with Crippen LogP contribution in [0.25, 0.3) is 22.0 Å². The van der Waals surface area contributed by atoms with Crippen molar-refractivity contribution in [3.63, 3.8) is 0 Å². The van der Waals surface area contributed by atoms with Crippen LogP contribution in [-0.4, -0.2) is 16.0 Å². The number of hydrogen-bond acceptors (Lipinski definition) is 2. The second-order valence-corrected chi connectivity index (χ2v) is 5.34. The monoisotopic (exact) mass is 265 g/mol. The van der Waals surface area contributed by atoms with Crippen LogP contribution in [0.1, 0.15) is 19.7 Å². The van der Waals surface area contributed by atoms with Gasteiger partial charge in [0.15, 0.2) is 0 Å². The van der Waals surface area contributed by atoms with Crippen molar-refractivity contribution in [3.05, 3.63) is 54.5 Å². The minimum atomic E-state index is 0.462. The first-order valence-electron chi connectivity index (χ1n) is 6.99. The highest BCUT2D eigenvalue weighted by Crippen LogP contribution is 2.23. The maximum absolute atomic E-state index is 4.43. The van der Waals surface area contributed by atoms with Crippen LogP contribution in [-0.2, 0) is 6.54 Å². The van der Waals surface area contributed by atoms with Gasteiger partial charge in [-0.05, 0) is 16.8 Å². The first kappa shape index (κ1) is 12.9. The van der Waals surface area contributed by atoms with E-state index in [9.17, 15) is 0 Å². The van der Waals surface area contributed by atoms with Crippen molar-refractivity contribution in [2.75, 3.05) is 0 Å². The number of aromatic nitrogens is 2. The molecule has 102 valence electrons. The van der Waals surface area contributed by atoms with Crippen molar-refractivity contribution in [3.8, 4) is 11.3 Å². The molecule has 3 rings (SSSR count). The third-order valence-electron chi connectivity index (χ3n) is 3.37. The summed E-state index contributed by atoms with van der Waals surface area (Å²) in [6.45, 7) is 5.03. The zero-order valence-electron chi connectivity index (χ0n) is 11.9. The highest BCUT2D eigenvalue weighted by Gasteiger charge is 2.04. The van der Waals surface area contributed by atoms with Crippen LogP contribution < -0.4 is 5.32 Å². The fraction of sp³-hybridized carbons (Fsp3) is 0.235. The Morgan fingerprint density at radius 3 is 2.70 bits per heavy atom. The highest BCUT2D eigenvalue weighted by molar-refractivity contribution is 5.86. The number of hydrogen-bond donors (Lipinski definition) is 2. The van der Waals surface area contributed by atoms with E-state index in [4.69, 9.17) is 0 Å². The SMILES string of the molecule is CC(C)NCc1ncc(-c2ccc3ccccc3c2)[nH]1. The Labute approximate surface area is 119 Å². The molecule has 0 fully saturated rings. The molecule has 1 heterocycles. The molecule has 0 atom stereocenters. The van der Waals surface area contributed by atoms with Gasteiger partial charge in [-0.1, -0.05) is 50.2 Å². The Kier molecular flexibility index (Phi) is 3.52. The smallest absolute Gasteiger partial charge is 0.120 e. The Bertz CT molecular complexity index is 713. The van der Waals surface area contributed by atoms with Gasteiger partial charge < -0.3 is 10.3 Å². The molecular weight excluding hydrogens is 246 g/mol. The summed E-state index contributed by atoms with van der Waals surface area (Å²) in [6, 6.07) is 15.3. The highest BCUT2D eigenvalue weighted by atomic mass is 15.0. The van der Waals surface area contributed by atoms with Gasteiger partial charge >= 0.3 is 0 Å². The molecular formula is C17H19N3. The van der Waals surface area contributed by atoms with Gasteiger partial charge in [-0.3, -0.25) is 0 Å². The molecule has 0 bridgehead atoms. The van der Waals surface area contributed by atoms with Gasteiger partial charge in [-0.15, -0.1) is 0 Å². The Balaban J connectivity index is 1.87. The zero-order valence-corrected chi connectivity index (χ0v) is 11.9. The van der Waals surface area contributed by atoms with Crippen molar-refractivity contribution >= 4 is 10.8 Å². The minimum Gasteiger partial charge on any atom is -0.341 e. The van der Waals surface area contributed by atoms with E-state index in [-0.39, 0.29) is 0 Å². The van der Waals surface area contributed by atoms with Crippen LogP contribution in [0.5, 0.6) is 0 Å². The van der Waals surface area contributed by atoms with Crippen LogP contribution in [0, 0.1) is 0 Å². The number of rotatable bonds is 4. The summed E-state index contributed by atoms with van der Waals surface area (Å²) in [5, 5.41) is 5.88. The molecule has 0 aliphatic heterocycles. The van der Waals surface area contributed by atoms with Crippen LogP contribution in [0.3, 0.4) is 0 Å². The van der Waals surface area contributed by atoms with Gasteiger partial charge in [0, 0.05) is 11.6 Å². The number of benzene rings is 2. The van der Waals surface area contributed by atoms with Crippen molar-refractivity contribution in [1.29, 1.82) is 0 Å². The number of fused-ring (bicyclic) bond motifs is 1.